The molecule has 0 atom stereocenters. The Balaban J connectivity index is 1.56. The van der Waals surface area contributed by atoms with E-state index in [1.54, 1.807) is 10.8 Å². The van der Waals surface area contributed by atoms with Gasteiger partial charge in [0.1, 0.15) is 5.69 Å². The Morgan fingerprint density at radius 2 is 1.96 bits per heavy atom. The average Bonchev–Trinajstić information content (AvgIpc) is 3.30. The fourth-order valence-electron chi connectivity index (χ4n) is 2.37. The number of rotatable bonds is 5. The van der Waals surface area contributed by atoms with Crippen LogP contribution in [0.5, 0.6) is 0 Å². The number of ketones is 1. The van der Waals surface area contributed by atoms with E-state index in [9.17, 15) is 4.79 Å². The van der Waals surface area contributed by atoms with Gasteiger partial charge in [-0.05, 0) is 31.2 Å². The van der Waals surface area contributed by atoms with Gasteiger partial charge in [0.05, 0.1) is 12.0 Å². The number of benzene rings is 1. The van der Waals surface area contributed by atoms with Crippen LogP contribution in [0, 0.1) is 6.92 Å². The highest BCUT2D eigenvalue weighted by Gasteiger charge is 2.13. The van der Waals surface area contributed by atoms with Gasteiger partial charge in [0, 0.05) is 5.56 Å². The SMILES string of the molecule is Cc1ccc(C(=O)CSc2nnc3ccc(-c4ccco4)nn23)cc1. The van der Waals surface area contributed by atoms with Crippen LogP contribution in [0.15, 0.2) is 64.4 Å². The van der Waals surface area contributed by atoms with Crippen molar-refractivity contribution in [1.82, 2.24) is 19.8 Å². The predicted octanol–water partition coefficient (Wildman–Crippen LogP) is 3.67. The summed E-state index contributed by atoms with van der Waals surface area (Å²) in [5, 5.41) is 13.3. The van der Waals surface area contributed by atoms with E-state index in [1.165, 1.54) is 11.8 Å². The Hall–Kier alpha value is -2.93. The van der Waals surface area contributed by atoms with Crippen LogP contribution in [0.25, 0.3) is 17.1 Å². The van der Waals surface area contributed by atoms with Crippen molar-refractivity contribution in [2.75, 3.05) is 5.75 Å². The van der Waals surface area contributed by atoms with Gasteiger partial charge in [-0.1, -0.05) is 41.6 Å². The molecule has 25 heavy (non-hydrogen) atoms. The first-order valence-corrected chi connectivity index (χ1v) is 8.68. The van der Waals surface area contributed by atoms with Crippen molar-refractivity contribution in [2.45, 2.75) is 12.1 Å². The van der Waals surface area contributed by atoms with E-state index in [0.717, 1.165) is 5.56 Å². The number of fused-ring (bicyclic) bond motifs is 1. The molecule has 0 amide bonds. The third-order valence-corrected chi connectivity index (χ3v) is 4.63. The van der Waals surface area contributed by atoms with Gasteiger partial charge in [0.15, 0.2) is 17.2 Å². The molecule has 3 aromatic heterocycles. The number of furan rings is 1. The molecule has 0 saturated heterocycles. The third-order valence-electron chi connectivity index (χ3n) is 3.71. The first kappa shape index (κ1) is 15.6. The highest BCUT2D eigenvalue weighted by molar-refractivity contribution is 7.99. The van der Waals surface area contributed by atoms with E-state index in [1.807, 2.05) is 55.5 Å². The van der Waals surface area contributed by atoms with Crippen molar-refractivity contribution < 1.29 is 9.21 Å². The molecule has 1 aromatic carbocycles. The van der Waals surface area contributed by atoms with Crippen LogP contribution >= 0.6 is 11.8 Å². The van der Waals surface area contributed by atoms with Crippen LogP contribution in [-0.4, -0.2) is 31.3 Å². The third kappa shape index (κ3) is 3.18. The lowest BCUT2D eigenvalue weighted by molar-refractivity contribution is 0.102. The van der Waals surface area contributed by atoms with E-state index in [2.05, 4.69) is 15.3 Å². The Labute approximate surface area is 147 Å². The van der Waals surface area contributed by atoms with Crippen molar-refractivity contribution in [3.63, 3.8) is 0 Å². The van der Waals surface area contributed by atoms with E-state index in [4.69, 9.17) is 4.42 Å². The van der Waals surface area contributed by atoms with Gasteiger partial charge in [0.25, 0.3) is 0 Å². The lowest BCUT2D eigenvalue weighted by Gasteiger charge is -2.02. The van der Waals surface area contributed by atoms with E-state index >= 15 is 0 Å². The first-order valence-electron chi connectivity index (χ1n) is 7.70. The second-order valence-corrected chi connectivity index (χ2v) is 6.47. The minimum absolute atomic E-state index is 0.0453. The summed E-state index contributed by atoms with van der Waals surface area (Å²) in [4.78, 5) is 12.3. The molecule has 4 aromatic rings. The molecule has 0 aliphatic heterocycles. The largest absolute Gasteiger partial charge is 0.463 e. The van der Waals surface area contributed by atoms with E-state index < -0.39 is 0 Å². The summed E-state index contributed by atoms with van der Waals surface area (Å²) in [7, 11) is 0. The Morgan fingerprint density at radius 1 is 1.12 bits per heavy atom. The number of nitrogens with zero attached hydrogens (tertiary/aromatic N) is 4. The number of hydrogen-bond donors (Lipinski definition) is 0. The summed E-state index contributed by atoms with van der Waals surface area (Å²) in [6, 6.07) is 14.8. The van der Waals surface area contributed by atoms with Gasteiger partial charge in [-0.15, -0.1) is 10.2 Å². The summed E-state index contributed by atoms with van der Waals surface area (Å²) < 4.78 is 7.00. The molecule has 0 N–H and O–H groups in total. The molecule has 0 fully saturated rings. The summed E-state index contributed by atoms with van der Waals surface area (Å²) in [6.45, 7) is 1.99. The van der Waals surface area contributed by atoms with Gasteiger partial charge < -0.3 is 4.42 Å². The molecular formula is C18H14N4O2S. The van der Waals surface area contributed by atoms with Gasteiger partial charge in [-0.25, -0.2) is 0 Å². The molecule has 0 radical (unpaired) electrons. The molecule has 6 nitrogen and oxygen atoms in total. The van der Waals surface area contributed by atoms with Crippen molar-refractivity contribution in [3.05, 3.63) is 65.9 Å². The van der Waals surface area contributed by atoms with Crippen molar-refractivity contribution >= 4 is 23.2 Å². The second kappa shape index (κ2) is 6.52. The maximum Gasteiger partial charge on any atom is 0.212 e. The number of aryl methyl sites for hydroxylation is 1. The fraction of sp³-hybridized carbons (Fsp3) is 0.111. The normalized spacial score (nSPS) is 11.1. The molecule has 4 rings (SSSR count). The highest BCUT2D eigenvalue weighted by Crippen LogP contribution is 2.21. The first-order chi connectivity index (χ1) is 12.2. The Kier molecular flexibility index (Phi) is 4.07. The Bertz CT molecular complexity index is 1020. The molecule has 0 aliphatic rings. The average molecular weight is 350 g/mol. The second-order valence-electron chi connectivity index (χ2n) is 5.53. The number of carbonyl (C=O) groups is 1. The lowest BCUT2D eigenvalue weighted by Crippen LogP contribution is -2.04. The van der Waals surface area contributed by atoms with E-state index in [0.29, 0.717) is 27.8 Å². The number of carbonyl (C=O) groups excluding carboxylic acids is 1. The zero-order valence-corrected chi connectivity index (χ0v) is 14.2. The van der Waals surface area contributed by atoms with Crippen molar-refractivity contribution in [1.29, 1.82) is 0 Å². The molecule has 0 bridgehead atoms. The standard InChI is InChI=1S/C18H14N4O2S/c1-12-4-6-13(7-5-12)15(23)11-25-18-20-19-17-9-8-14(21-22(17)18)16-3-2-10-24-16/h2-10H,11H2,1H3. The van der Waals surface area contributed by atoms with Crippen LogP contribution in [0.4, 0.5) is 0 Å². The van der Waals surface area contributed by atoms with Gasteiger partial charge >= 0.3 is 0 Å². The zero-order chi connectivity index (χ0) is 17.2. The lowest BCUT2D eigenvalue weighted by atomic mass is 10.1. The molecule has 0 saturated carbocycles. The quantitative estimate of drug-likeness (QED) is 0.404. The van der Waals surface area contributed by atoms with Crippen LogP contribution in [0.2, 0.25) is 0 Å². The minimum atomic E-state index is 0.0453. The number of Topliss-reactive ketones (excluding diaryl/α,β-unsaturated/α-hetero) is 1. The van der Waals surface area contributed by atoms with Crippen LogP contribution in [-0.2, 0) is 0 Å². The van der Waals surface area contributed by atoms with Gasteiger partial charge in [-0.3, -0.25) is 4.79 Å². The molecule has 124 valence electrons. The zero-order valence-electron chi connectivity index (χ0n) is 13.4. The van der Waals surface area contributed by atoms with Crippen molar-refractivity contribution in [3.8, 4) is 11.5 Å². The topological polar surface area (TPSA) is 73.3 Å². The van der Waals surface area contributed by atoms with Crippen LogP contribution < -0.4 is 0 Å². The predicted molar refractivity (Wildman–Crippen MR) is 94.7 cm³/mol. The highest BCUT2D eigenvalue weighted by atomic mass is 32.2. The number of thioether (sulfide) groups is 1. The van der Waals surface area contributed by atoms with E-state index in [-0.39, 0.29) is 11.5 Å². The van der Waals surface area contributed by atoms with Crippen LogP contribution in [0.1, 0.15) is 15.9 Å². The summed E-state index contributed by atoms with van der Waals surface area (Å²) >= 11 is 1.32. The summed E-state index contributed by atoms with van der Waals surface area (Å²) in [6.07, 6.45) is 1.60. The maximum absolute atomic E-state index is 12.3. The monoisotopic (exact) mass is 350 g/mol. The molecule has 3 heterocycles. The molecular weight excluding hydrogens is 336 g/mol. The minimum Gasteiger partial charge on any atom is -0.463 e. The van der Waals surface area contributed by atoms with Crippen LogP contribution in [0.3, 0.4) is 0 Å². The fourth-order valence-corrected chi connectivity index (χ4v) is 3.15. The number of aromatic nitrogens is 4. The van der Waals surface area contributed by atoms with Crippen molar-refractivity contribution in [2.24, 2.45) is 0 Å². The molecule has 0 unspecified atom stereocenters. The maximum atomic E-state index is 12.3. The Morgan fingerprint density at radius 3 is 2.72 bits per heavy atom. The summed E-state index contributed by atoms with van der Waals surface area (Å²) in [5.41, 5.74) is 3.13. The molecule has 0 aliphatic carbocycles. The smallest absolute Gasteiger partial charge is 0.212 e. The van der Waals surface area contributed by atoms with Gasteiger partial charge in [0.2, 0.25) is 5.16 Å². The molecule has 7 heteroatoms. The van der Waals surface area contributed by atoms with Gasteiger partial charge in [-0.2, -0.15) is 9.61 Å². The molecule has 0 spiro atoms. The number of hydrogen-bond acceptors (Lipinski definition) is 6. The summed E-state index contributed by atoms with van der Waals surface area (Å²) in [5.74, 6) is 0.988.